The zero-order chi connectivity index (χ0) is 13.2. The molecule has 1 aromatic carbocycles. The van der Waals surface area contributed by atoms with Crippen molar-refractivity contribution < 1.29 is 5.11 Å². The van der Waals surface area contributed by atoms with E-state index in [1.54, 1.807) is 13.8 Å². The summed E-state index contributed by atoms with van der Waals surface area (Å²) in [6.07, 6.45) is 0. The molecule has 2 nitrogen and oxygen atoms in total. The van der Waals surface area contributed by atoms with Crippen LogP contribution in [0, 0.1) is 23.7 Å². The molecule has 0 bridgehead atoms. The largest absolute Gasteiger partial charge is 0.378 e. The van der Waals surface area contributed by atoms with Crippen LogP contribution in [0.25, 0.3) is 10.9 Å². The third kappa shape index (κ3) is 2.74. The van der Waals surface area contributed by atoms with E-state index >= 15 is 0 Å². The molecular formula is C16H15NO. The molecule has 2 heteroatoms. The van der Waals surface area contributed by atoms with Crippen molar-refractivity contribution in [3.63, 3.8) is 0 Å². The summed E-state index contributed by atoms with van der Waals surface area (Å²) in [6, 6.07) is 10.2. The molecule has 0 saturated heterocycles. The van der Waals surface area contributed by atoms with Crippen molar-refractivity contribution in [2.75, 3.05) is 0 Å². The molecule has 0 saturated carbocycles. The van der Waals surface area contributed by atoms with Crippen LogP contribution in [0.4, 0.5) is 0 Å². The van der Waals surface area contributed by atoms with Crippen molar-refractivity contribution in [2.24, 2.45) is 7.05 Å². The summed E-state index contributed by atoms with van der Waals surface area (Å²) < 4.78 is 2.04. The molecule has 0 fully saturated rings. The quantitative estimate of drug-likeness (QED) is 0.699. The number of hydrogen-bond acceptors (Lipinski definition) is 1. The van der Waals surface area contributed by atoms with Crippen LogP contribution in [0.3, 0.4) is 0 Å². The fourth-order valence-electron chi connectivity index (χ4n) is 1.69. The molecule has 90 valence electrons. The Morgan fingerprint density at radius 2 is 1.89 bits per heavy atom. The molecule has 0 radical (unpaired) electrons. The van der Waals surface area contributed by atoms with E-state index in [4.69, 9.17) is 0 Å². The second-order valence-corrected chi connectivity index (χ2v) is 4.71. The minimum atomic E-state index is -0.992. The van der Waals surface area contributed by atoms with Crippen molar-refractivity contribution in [3.8, 4) is 23.7 Å². The molecule has 0 amide bonds. The number of hydrogen-bond donors (Lipinski definition) is 1. The number of aryl methyl sites for hydroxylation is 1. The maximum Gasteiger partial charge on any atom is 0.120 e. The molecule has 2 aromatic rings. The van der Waals surface area contributed by atoms with Crippen LogP contribution >= 0.6 is 0 Å². The number of aromatic nitrogens is 1. The van der Waals surface area contributed by atoms with Crippen LogP contribution in [0.5, 0.6) is 0 Å². The van der Waals surface area contributed by atoms with Gasteiger partial charge in [-0.1, -0.05) is 24.1 Å². The first-order valence-electron chi connectivity index (χ1n) is 5.77. The minimum absolute atomic E-state index is 0.918. The van der Waals surface area contributed by atoms with Gasteiger partial charge < -0.3 is 9.67 Å². The molecule has 0 spiro atoms. The molecule has 0 aliphatic rings. The van der Waals surface area contributed by atoms with Gasteiger partial charge in [-0.25, -0.2) is 0 Å². The monoisotopic (exact) mass is 237 g/mol. The van der Waals surface area contributed by atoms with Gasteiger partial charge in [-0.3, -0.25) is 0 Å². The zero-order valence-corrected chi connectivity index (χ0v) is 10.8. The Kier molecular flexibility index (Phi) is 3.15. The summed E-state index contributed by atoms with van der Waals surface area (Å²) in [4.78, 5) is 0. The second-order valence-electron chi connectivity index (χ2n) is 4.71. The Balaban J connectivity index is 2.35. The minimum Gasteiger partial charge on any atom is -0.378 e. The standard InChI is InChI=1S/C16H15NO/c1-16(2,18)11-7-6-9-14-12-13-8-4-5-10-15(13)17(14)3/h4-5,8,10,12,18H,1-3H3. The molecule has 0 unspecified atom stereocenters. The van der Waals surface area contributed by atoms with Gasteiger partial charge in [-0.2, -0.15) is 0 Å². The summed E-state index contributed by atoms with van der Waals surface area (Å²) >= 11 is 0. The third-order valence-electron chi connectivity index (χ3n) is 2.57. The summed E-state index contributed by atoms with van der Waals surface area (Å²) in [5, 5.41) is 10.6. The van der Waals surface area contributed by atoms with Crippen molar-refractivity contribution in [3.05, 3.63) is 36.0 Å². The second kappa shape index (κ2) is 4.61. The van der Waals surface area contributed by atoms with Crippen LogP contribution < -0.4 is 0 Å². The van der Waals surface area contributed by atoms with Crippen LogP contribution in [-0.2, 0) is 7.05 Å². The van der Waals surface area contributed by atoms with E-state index in [-0.39, 0.29) is 0 Å². The fraction of sp³-hybridized carbons (Fsp3) is 0.250. The number of rotatable bonds is 0. The number of nitrogens with zero attached hydrogens (tertiary/aromatic N) is 1. The normalized spacial score (nSPS) is 10.4. The fourth-order valence-corrected chi connectivity index (χ4v) is 1.69. The first-order chi connectivity index (χ1) is 8.47. The predicted molar refractivity (Wildman–Crippen MR) is 73.9 cm³/mol. The number of aliphatic hydroxyl groups is 1. The third-order valence-corrected chi connectivity index (χ3v) is 2.57. The summed E-state index contributed by atoms with van der Waals surface area (Å²) in [7, 11) is 1.98. The van der Waals surface area contributed by atoms with Gasteiger partial charge in [-0.15, -0.1) is 0 Å². The number of para-hydroxylation sites is 1. The number of fused-ring (bicyclic) bond motifs is 1. The Morgan fingerprint density at radius 1 is 1.17 bits per heavy atom. The topological polar surface area (TPSA) is 25.2 Å². The van der Waals surface area contributed by atoms with Crippen LogP contribution in [0.15, 0.2) is 30.3 Å². The lowest BCUT2D eigenvalue weighted by atomic mass is 10.1. The van der Waals surface area contributed by atoms with Gasteiger partial charge >= 0.3 is 0 Å². The SMILES string of the molecule is Cn1c(C#CC#CC(C)(C)O)cc2ccccc21. The lowest BCUT2D eigenvalue weighted by molar-refractivity contribution is 0.143. The van der Waals surface area contributed by atoms with Gasteiger partial charge in [0.1, 0.15) is 5.60 Å². The highest BCUT2D eigenvalue weighted by atomic mass is 16.3. The summed E-state index contributed by atoms with van der Waals surface area (Å²) in [6.45, 7) is 3.27. The van der Waals surface area contributed by atoms with E-state index in [9.17, 15) is 5.11 Å². The van der Waals surface area contributed by atoms with Crippen molar-refractivity contribution >= 4 is 10.9 Å². The maximum atomic E-state index is 9.44. The smallest absolute Gasteiger partial charge is 0.120 e. The van der Waals surface area contributed by atoms with Crippen molar-refractivity contribution in [1.82, 2.24) is 4.57 Å². The van der Waals surface area contributed by atoms with Crippen molar-refractivity contribution in [2.45, 2.75) is 19.4 Å². The Morgan fingerprint density at radius 3 is 2.56 bits per heavy atom. The van der Waals surface area contributed by atoms with E-state index in [1.165, 1.54) is 5.39 Å². The molecule has 1 aromatic heterocycles. The first-order valence-corrected chi connectivity index (χ1v) is 5.77. The van der Waals surface area contributed by atoms with Gasteiger partial charge in [0.25, 0.3) is 0 Å². The van der Waals surface area contributed by atoms with E-state index in [1.807, 2.05) is 29.8 Å². The Hall–Kier alpha value is -2.16. The van der Waals surface area contributed by atoms with Gasteiger partial charge in [-0.05, 0) is 43.7 Å². The van der Waals surface area contributed by atoms with E-state index < -0.39 is 5.60 Å². The lowest BCUT2D eigenvalue weighted by Crippen LogP contribution is -2.14. The lowest BCUT2D eigenvalue weighted by Gasteiger charge is -2.04. The van der Waals surface area contributed by atoms with Crippen LogP contribution in [0.1, 0.15) is 19.5 Å². The number of benzene rings is 1. The van der Waals surface area contributed by atoms with E-state index in [0.29, 0.717) is 0 Å². The van der Waals surface area contributed by atoms with Crippen LogP contribution in [0.2, 0.25) is 0 Å². The maximum absolute atomic E-state index is 9.44. The molecule has 0 aliphatic heterocycles. The van der Waals surface area contributed by atoms with Gasteiger partial charge in [0.05, 0.1) is 5.69 Å². The van der Waals surface area contributed by atoms with Crippen LogP contribution in [-0.4, -0.2) is 15.3 Å². The molecule has 1 heterocycles. The highest BCUT2D eigenvalue weighted by Gasteiger charge is 2.05. The molecule has 18 heavy (non-hydrogen) atoms. The van der Waals surface area contributed by atoms with E-state index in [0.717, 1.165) is 11.2 Å². The van der Waals surface area contributed by atoms with Gasteiger partial charge in [0, 0.05) is 18.0 Å². The molecular weight excluding hydrogens is 222 g/mol. The Bertz CT molecular complexity index is 694. The average molecular weight is 237 g/mol. The molecule has 2 rings (SSSR count). The predicted octanol–water partition coefficient (Wildman–Crippen LogP) is 2.30. The van der Waals surface area contributed by atoms with Gasteiger partial charge in [0.15, 0.2) is 0 Å². The highest BCUT2D eigenvalue weighted by molar-refractivity contribution is 5.82. The molecule has 1 N–H and O–H groups in total. The van der Waals surface area contributed by atoms with Crippen molar-refractivity contribution in [1.29, 1.82) is 0 Å². The summed E-state index contributed by atoms with van der Waals surface area (Å²) in [5.41, 5.74) is 1.08. The first kappa shape index (κ1) is 12.3. The Labute approximate surface area is 107 Å². The molecule has 0 atom stereocenters. The zero-order valence-electron chi connectivity index (χ0n) is 10.8. The average Bonchev–Trinajstić information content (AvgIpc) is 2.62. The highest BCUT2D eigenvalue weighted by Crippen LogP contribution is 2.17. The van der Waals surface area contributed by atoms with Gasteiger partial charge in [0.2, 0.25) is 0 Å². The molecule has 0 aliphatic carbocycles. The van der Waals surface area contributed by atoms with E-state index in [2.05, 4.69) is 35.8 Å². The summed E-state index contributed by atoms with van der Waals surface area (Å²) in [5.74, 6) is 11.1.